The van der Waals surface area contributed by atoms with Crippen LogP contribution in [0.5, 0.6) is 0 Å². The van der Waals surface area contributed by atoms with Crippen LogP contribution >= 0.6 is 0 Å². The van der Waals surface area contributed by atoms with Gasteiger partial charge in [-0.05, 0) is 0 Å². The van der Waals surface area contributed by atoms with Gasteiger partial charge in [0.15, 0.2) is 0 Å². The van der Waals surface area contributed by atoms with Crippen LogP contribution in [-0.4, -0.2) is 4.98 Å². The molecule has 1 unspecified atom stereocenters. The van der Waals surface area contributed by atoms with E-state index in [0.29, 0.717) is 4.78 Å². The van der Waals surface area contributed by atoms with E-state index >= 15 is 0 Å². The summed E-state index contributed by atoms with van der Waals surface area (Å²) in [7, 11) is 0. The Balaban J connectivity index is 0.000001000. The van der Waals surface area contributed by atoms with E-state index in [1.54, 1.807) is 0 Å². The average molecular weight is 343 g/mol. The van der Waals surface area contributed by atoms with Crippen LogP contribution < -0.4 is 24.8 Å². The molecule has 103 valence electrons. The van der Waals surface area contributed by atoms with E-state index in [2.05, 4.69) is 63.7 Å². The molecular weight excluding hydrogens is 329 g/mol. The molecule has 0 N–H and O–H groups in total. The fourth-order valence-electron chi connectivity index (χ4n) is 2.43. The SMILES string of the molecule is [Cl-].[Cl-].[Cr+2][CH]1C=C(CCc2ccccn2)c2ccccc21. The van der Waals surface area contributed by atoms with E-state index in [4.69, 9.17) is 0 Å². The first-order valence-corrected chi connectivity index (χ1v) is 6.94. The Morgan fingerprint density at radius 1 is 0.950 bits per heavy atom. The molecule has 4 heteroatoms. The summed E-state index contributed by atoms with van der Waals surface area (Å²) in [6.45, 7) is 0. The molecule has 1 aliphatic rings. The Kier molecular flexibility index (Phi) is 6.79. The van der Waals surface area contributed by atoms with Crippen molar-refractivity contribution in [3.8, 4) is 0 Å². The molecule has 0 aliphatic heterocycles. The van der Waals surface area contributed by atoms with Crippen LogP contribution in [0, 0.1) is 0 Å². The number of fused-ring (bicyclic) bond motifs is 1. The molecule has 1 aromatic carbocycles. The number of halogens is 2. The first-order valence-electron chi connectivity index (χ1n) is 6.20. The molecule has 2 aromatic rings. The molecule has 0 saturated carbocycles. The molecule has 1 heterocycles. The second kappa shape index (κ2) is 7.86. The predicted octanol–water partition coefficient (Wildman–Crippen LogP) is -2.29. The van der Waals surface area contributed by atoms with E-state index < -0.39 is 0 Å². The van der Waals surface area contributed by atoms with Crippen molar-refractivity contribution >= 4 is 5.57 Å². The zero-order valence-corrected chi connectivity index (χ0v) is 13.6. The fraction of sp³-hybridized carbons (Fsp3) is 0.188. The Morgan fingerprint density at radius 3 is 2.45 bits per heavy atom. The summed E-state index contributed by atoms with van der Waals surface area (Å²) >= 11 is 3.23. The van der Waals surface area contributed by atoms with E-state index in [1.165, 1.54) is 22.4 Å². The van der Waals surface area contributed by atoms with Crippen molar-refractivity contribution in [2.45, 2.75) is 17.6 Å². The van der Waals surface area contributed by atoms with Crippen LogP contribution in [0.25, 0.3) is 5.57 Å². The summed E-state index contributed by atoms with van der Waals surface area (Å²) in [5, 5.41) is 0. The third kappa shape index (κ3) is 3.65. The van der Waals surface area contributed by atoms with Crippen LogP contribution in [0.4, 0.5) is 0 Å². The molecule has 3 rings (SSSR count). The molecule has 1 atom stereocenters. The number of hydrogen-bond donors (Lipinski definition) is 0. The molecule has 0 radical (unpaired) electrons. The Labute approximate surface area is 140 Å². The molecule has 20 heavy (non-hydrogen) atoms. The second-order valence-electron chi connectivity index (χ2n) is 4.52. The summed E-state index contributed by atoms with van der Waals surface area (Å²) in [5.74, 6) is 0. The first kappa shape index (κ1) is 17.3. The van der Waals surface area contributed by atoms with Gasteiger partial charge in [-0.15, -0.1) is 0 Å². The zero-order chi connectivity index (χ0) is 12.4. The van der Waals surface area contributed by atoms with Gasteiger partial charge in [0.2, 0.25) is 0 Å². The fourth-order valence-corrected chi connectivity index (χ4v) is 3.00. The van der Waals surface area contributed by atoms with Gasteiger partial charge >= 0.3 is 116 Å². The number of pyridine rings is 1. The van der Waals surface area contributed by atoms with Crippen molar-refractivity contribution in [1.82, 2.24) is 4.98 Å². The number of aromatic nitrogens is 1. The van der Waals surface area contributed by atoms with Crippen molar-refractivity contribution in [2.24, 2.45) is 0 Å². The summed E-state index contributed by atoms with van der Waals surface area (Å²) < 4.78 is 0.430. The van der Waals surface area contributed by atoms with Crippen LogP contribution in [0.15, 0.2) is 54.7 Å². The van der Waals surface area contributed by atoms with Gasteiger partial charge in [-0.3, -0.25) is 0 Å². The monoisotopic (exact) mass is 342 g/mol. The third-order valence-corrected chi connectivity index (χ3v) is 3.95. The van der Waals surface area contributed by atoms with Gasteiger partial charge in [0, 0.05) is 0 Å². The number of allylic oxidation sites excluding steroid dienone is 2. The number of rotatable bonds is 3. The quantitative estimate of drug-likeness (QED) is 0.612. The topological polar surface area (TPSA) is 12.9 Å². The van der Waals surface area contributed by atoms with Crippen LogP contribution in [0.1, 0.15) is 28.0 Å². The molecule has 0 amide bonds. The Bertz CT molecular complexity index is 584. The van der Waals surface area contributed by atoms with Crippen LogP contribution in [0.3, 0.4) is 0 Å². The van der Waals surface area contributed by atoms with Gasteiger partial charge in [-0.25, -0.2) is 0 Å². The van der Waals surface area contributed by atoms with Crippen molar-refractivity contribution in [1.29, 1.82) is 0 Å². The molecular formula is C16H14Cl2CrN. The van der Waals surface area contributed by atoms with Crippen molar-refractivity contribution < 1.29 is 41.1 Å². The molecule has 0 saturated heterocycles. The van der Waals surface area contributed by atoms with Gasteiger partial charge in [-0.1, -0.05) is 0 Å². The molecule has 0 bridgehead atoms. The number of hydrogen-bond acceptors (Lipinski definition) is 1. The van der Waals surface area contributed by atoms with Crippen LogP contribution in [0.2, 0.25) is 0 Å². The van der Waals surface area contributed by atoms with Gasteiger partial charge < -0.3 is 24.8 Å². The minimum atomic E-state index is 0. The maximum absolute atomic E-state index is 4.38. The summed E-state index contributed by atoms with van der Waals surface area (Å²) in [6, 6.07) is 14.8. The molecule has 1 aromatic heterocycles. The van der Waals surface area contributed by atoms with Gasteiger partial charge in [-0.2, -0.15) is 0 Å². The van der Waals surface area contributed by atoms with Gasteiger partial charge in [0.05, 0.1) is 0 Å². The standard InChI is InChI=1S/C16H14N.2ClH.Cr/c1-2-7-16-13(5-1)8-9-14(16)10-11-15-6-3-4-12-17-15;;;/h1-9,12H,10-11H2;2*1H;/q;;;+2/p-2. The van der Waals surface area contributed by atoms with Crippen molar-refractivity contribution in [3.05, 3.63) is 71.6 Å². The summed E-state index contributed by atoms with van der Waals surface area (Å²) in [5.41, 5.74) is 5.42. The second-order valence-corrected chi connectivity index (χ2v) is 5.31. The summed E-state index contributed by atoms with van der Waals surface area (Å²) in [6.07, 6.45) is 6.27. The number of benzene rings is 1. The zero-order valence-electron chi connectivity index (χ0n) is 10.8. The summed E-state index contributed by atoms with van der Waals surface area (Å²) in [4.78, 5) is 4.38. The predicted molar refractivity (Wildman–Crippen MR) is 69.7 cm³/mol. The van der Waals surface area contributed by atoms with E-state index in [9.17, 15) is 0 Å². The van der Waals surface area contributed by atoms with Crippen molar-refractivity contribution in [3.63, 3.8) is 0 Å². The van der Waals surface area contributed by atoms with E-state index in [-0.39, 0.29) is 24.8 Å². The maximum atomic E-state index is 4.38. The molecule has 1 nitrogen and oxygen atoms in total. The van der Waals surface area contributed by atoms with E-state index in [0.717, 1.165) is 12.8 Å². The normalized spacial score (nSPS) is 15.6. The number of nitrogens with zero attached hydrogens (tertiary/aromatic N) is 1. The van der Waals surface area contributed by atoms with Gasteiger partial charge in [0.1, 0.15) is 0 Å². The molecule has 0 fully saturated rings. The minimum absolute atomic E-state index is 0. The average Bonchev–Trinajstić information content (AvgIpc) is 2.75. The molecule has 0 spiro atoms. The van der Waals surface area contributed by atoms with Crippen LogP contribution in [-0.2, 0) is 22.7 Å². The third-order valence-electron chi connectivity index (χ3n) is 3.34. The van der Waals surface area contributed by atoms with E-state index in [1.807, 2.05) is 12.3 Å². The molecule has 1 aliphatic carbocycles. The first-order chi connectivity index (χ1) is 8.84. The Hall–Kier alpha value is -0.778. The Morgan fingerprint density at radius 2 is 1.70 bits per heavy atom. The number of aryl methyl sites for hydroxylation is 1. The van der Waals surface area contributed by atoms with Gasteiger partial charge in [0.25, 0.3) is 0 Å². The van der Waals surface area contributed by atoms with Crippen molar-refractivity contribution in [2.75, 3.05) is 0 Å².